The second-order valence-corrected chi connectivity index (χ2v) is 6.73. The quantitative estimate of drug-likeness (QED) is 0.495. The van der Waals surface area contributed by atoms with Crippen molar-refractivity contribution >= 4 is 5.97 Å². The third-order valence-electron chi connectivity index (χ3n) is 3.41. The van der Waals surface area contributed by atoms with Gasteiger partial charge in [0.1, 0.15) is 5.54 Å². The van der Waals surface area contributed by atoms with Gasteiger partial charge in [-0.3, -0.25) is 4.79 Å². The average molecular weight is 287 g/mol. The number of ether oxygens (including phenoxy) is 2. The summed E-state index contributed by atoms with van der Waals surface area (Å²) >= 11 is 0. The van der Waals surface area contributed by atoms with Crippen molar-refractivity contribution in [1.82, 2.24) is 5.32 Å². The molecule has 0 saturated carbocycles. The predicted octanol–water partition coefficient (Wildman–Crippen LogP) is 3.15. The Kier molecular flexibility index (Phi) is 9.06. The molecule has 0 fully saturated rings. The molecule has 0 aromatic rings. The summed E-state index contributed by atoms with van der Waals surface area (Å²) in [6, 6.07) is 0. The molecule has 0 aromatic carbocycles. The largest absolute Gasteiger partial charge is 0.468 e. The Balaban J connectivity index is 3.83. The van der Waals surface area contributed by atoms with Gasteiger partial charge in [0.15, 0.2) is 0 Å². The molecule has 1 unspecified atom stereocenters. The molecule has 1 N–H and O–H groups in total. The molecule has 0 heterocycles. The molecule has 4 nitrogen and oxygen atoms in total. The van der Waals surface area contributed by atoms with Crippen LogP contribution in [-0.4, -0.2) is 38.4 Å². The maximum absolute atomic E-state index is 11.8. The summed E-state index contributed by atoms with van der Waals surface area (Å²) in [5.74, 6) is -0.187. The summed E-state index contributed by atoms with van der Waals surface area (Å²) < 4.78 is 10.5. The Hall–Kier alpha value is -0.610. The van der Waals surface area contributed by atoms with Gasteiger partial charge in [0, 0.05) is 13.2 Å². The van der Waals surface area contributed by atoms with E-state index in [-0.39, 0.29) is 5.97 Å². The molecule has 20 heavy (non-hydrogen) atoms. The van der Waals surface area contributed by atoms with Crippen LogP contribution in [0.5, 0.6) is 0 Å². The number of unbranched alkanes of at least 4 members (excludes halogenated alkanes) is 1. The van der Waals surface area contributed by atoms with Crippen molar-refractivity contribution in [2.45, 2.75) is 65.8 Å². The Morgan fingerprint density at radius 1 is 1.05 bits per heavy atom. The highest BCUT2D eigenvalue weighted by atomic mass is 16.5. The zero-order chi connectivity index (χ0) is 15.6. The minimum atomic E-state index is -0.574. The molecule has 0 aliphatic rings. The van der Waals surface area contributed by atoms with Gasteiger partial charge in [-0.25, -0.2) is 0 Å². The van der Waals surface area contributed by atoms with Gasteiger partial charge in [0.05, 0.1) is 7.11 Å². The van der Waals surface area contributed by atoms with E-state index in [0.717, 1.165) is 45.4 Å². The number of carbonyl (C=O) groups excluding carboxylic acids is 1. The van der Waals surface area contributed by atoms with Crippen LogP contribution in [0.15, 0.2) is 0 Å². The molecule has 120 valence electrons. The van der Waals surface area contributed by atoms with Crippen LogP contribution < -0.4 is 5.32 Å². The maximum atomic E-state index is 11.8. The Morgan fingerprint density at radius 3 is 2.20 bits per heavy atom. The van der Waals surface area contributed by atoms with Crippen LogP contribution in [0.1, 0.15) is 60.3 Å². The molecule has 0 aliphatic heterocycles. The van der Waals surface area contributed by atoms with Crippen molar-refractivity contribution in [3.05, 3.63) is 0 Å². The summed E-state index contributed by atoms with van der Waals surface area (Å²) in [6.45, 7) is 12.9. The van der Waals surface area contributed by atoms with E-state index in [4.69, 9.17) is 9.47 Å². The van der Waals surface area contributed by atoms with Crippen LogP contribution in [0.2, 0.25) is 0 Å². The van der Waals surface area contributed by atoms with Crippen molar-refractivity contribution in [3.8, 4) is 0 Å². The van der Waals surface area contributed by atoms with Crippen LogP contribution in [0.25, 0.3) is 0 Å². The molecular formula is C16H33NO3. The SMILES string of the molecule is CCNC(C)(CCCCOCCC(C)(C)C)C(=O)OC. The Bertz CT molecular complexity index is 273. The highest BCUT2D eigenvalue weighted by Crippen LogP contribution is 2.18. The highest BCUT2D eigenvalue weighted by molar-refractivity contribution is 5.80. The number of likely N-dealkylation sites (N-methyl/N-ethyl adjacent to an activating group) is 1. The minimum absolute atomic E-state index is 0.187. The zero-order valence-electron chi connectivity index (χ0n) is 14.2. The van der Waals surface area contributed by atoms with Gasteiger partial charge < -0.3 is 14.8 Å². The van der Waals surface area contributed by atoms with Gasteiger partial charge in [-0.1, -0.05) is 27.7 Å². The molecule has 0 rings (SSSR count). The van der Waals surface area contributed by atoms with Gasteiger partial charge >= 0.3 is 5.97 Å². The van der Waals surface area contributed by atoms with Crippen molar-refractivity contribution in [2.75, 3.05) is 26.9 Å². The minimum Gasteiger partial charge on any atom is -0.468 e. The fraction of sp³-hybridized carbons (Fsp3) is 0.938. The maximum Gasteiger partial charge on any atom is 0.325 e. The molecule has 0 bridgehead atoms. The molecule has 0 saturated heterocycles. The second-order valence-electron chi connectivity index (χ2n) is 6.73. The number of carbonyl (C=O) groups is 1. The average Bonchev–Trinajstić information content (AvgIpc) is 2.35. The van der Waals surface area contributed by atoms with Gasteiger partial charge in [-0.05, 0) is 44.6 Å². The molecular weight excluding hydrogens is 254 g/mol. The predicted molar refractivity (Wildman–Crippen MR) is 82.8 cm³/mol. The topological polar surface area (TPSA) is 47.6 Å². The third-order valence-corrected chi connectivity index (χ3v) is 3.41. The molecule has 0 aromatic heterocycles. The standard InChI is InChI=1S/C16H33NO3/c1-7-17-16(5,14(18)19-6)10-8-9-12-20-13-11-15(2,3)4/h17H,7-13H2,1-6H3. The first-order valence-corrected chi connectivity index (χ1v) is 7.66. The zero-order valence-corrected chi connectivity index (χ0v) is 14.2. The van der Waals surface area contributed by atoms with Crippen LogP contribution >= 0.6 is 0 Å². The number of methoxy groups -OCH3 is 1. The van der Waals surface area contributed by atoms with Crippen molar-refractivity contribution in [2.24, 2.45) is 5.41 Å². The van der Waals surface area contributed by atoms with Crippen molar-refractivity contribution in [1.29, 1.82) is 0 Å². The number of hydrogen-bond donors (Lipinski definition) is 1. The molecule has 4 heteroatoms. The first-order chi connectivity index (χ1) is 9.25. The molecule has 0 radical (unpaired) electrons. The number of nitrogens with one attached hydrogen (secondary N) is 1. The lowest BCUT2D eigenvalue weighted by Crippen LogP contribution is -2.50. The summed E-state index contributed by atoms with van der Waals surface area (Å²) in [5.41, 5.74) is -0.247. The van der Waals surface area contributed by atoms with Crippen molar-refractivity contribution in [3.63, 3.8) is 0 Å². The lowest BCUT2D eigenvalue weighted by atomic mass is 9.93. The summed E-state index contributed by atoms with van der Waals surface area (Å²) in [5, 5.41) is 3.22. The van der Waals surface area contributed by atoms with Crippen LogP contribution in [-0.2, 0) is 14.3 Å². The monoisotopic (exact) mass is 287 g/mol. The lowest BCUT2D eigenvalue weighted by Gasteiger charge is -2.27. The van der Waals surface area contributed by atoms with E-state index in [1.807, 2.05) is 13.8 Å². The molecule has 0 spiro atoms. The Labute approximate surface area is 124 Å². The first-order valence-electron chi connectivity index (χ1n) is 7.66. The van der Waals surface area contributed by atoms with E-state index in [2.05, 4.69) is 26.1 Å². The number of rotatable bonds is 10. The van der Waals surface area contributed by atoms with E-state index in [9.17, 15) is 4.79 Å². The fourth-order valence-corrected chi connectivity index (χ4v) is 2.04. The van der Waals surface area contributed by atoms with Gasteiger partial charge in [0.25, 0.3) is 0 Å². The summed E-state index contributed by atoms with van der Waals surface area (Å²) in [4.78, 5) is 11.8. The van der Waals surface area contributed by atoms with Gasteiger partial charge in [-0.15, -0.1) is 0 Å². The normalized spacial score (nSPS) is 14.9. The van der Waals surface area contributed by atoms with E-state index in [0.29, 0.717) is 5.41 Å². The molecule has 0 aliphatic carbocycles. The summed E-state index contributed by atoms with van der Waals surface area (Å²) in [7, 11) is 1.44. The van der Waals surface area contributed by atoms with E-state index < -0.39 is 5.54 Å². The highest BCUT2D eigenvalue weighted by Gasteiger charge is 2.32. The van der Waals surface area contributed by atoms with Crippen LogP contribution in [0, 0.1) is 5.41 Å². The van der Waals surface area contributed by atoms with E-state index in [1.54, 1.807) is 0 Å². The third kappa shape index (κ3) is 8.54. The smallest absolute Gasteiger partial charge is 0.325 e. The fourth-order valence-electron chi connectivity index (χ4n) is 2.04. The summed E-state index contributed by atoms with van der Waals surface area (Å²) in [6.07, 6.45) is 3.77. The van der Waals surface area contributed by atoms with E-state index in [1.165, 1.54) is 7.11 Å². The lowest BCUT2D eigenvalue weighted by molar-refractivity contribution is -0.148. The second kappa shape index (κ2) is 9.35. The van der Waals surface area contributed by atoms with Crippen LogP contribution in [0.4, 0.5) is 0 Å². The van der Waals surface area contributed by atoms with Gasteiger partial charge in [0.2, 0.25) is 0 Å². The first kappa shape index (κ1) is 19.4. The van der Waals surface area contributed by atoms with Crippen molar-refractivity contribution < 1.29 is 14.3 Å². The van der Waals surface area contributed by atoms with E-state index >= 15 is 0 Å². The van der Waals surface area contributed by atoms with Gasteiger partial charge in [-0.2, -0.15) is 0 Å². The molecule has 1 atom stereocenters. The van der Waals surface area contributed by atoms with Crippen LogP contribution in [0.3, 0.4) is 0 Å². The molecule has 0 amide bonds. The number of esters is 1. The number of hydrogen-bond acceptors (Lipinski definition) is 4. The Morgan fingerprint density at radius 2 is 1.70 bits per heavy atom.